The minimum Gasteiger partial charge on any atom is -0.384 e. The van der Waals surface area contributed by atoms with Crippen molar-refractivity contribution in [1.82, 2.24) is 15.6 Å². The van der Waals surface area contributed by atoms with Crippen molar-refractivity contribution in [3.63, 3.8) is 0 Å². The fourth-order valence-corrected chi connectivity index (χ4v) is 1.17. The number of aryl methyl sites for hydroxylation is 1. The number of nitrogens with two attached hydrogens (primary N) is 1. The second kappa shape index (κ2) is 6.34. The lowest BCUT2D eigenvalue weighted by Gasteiger charge is -2.11. The number of hydrogen-bond donors (Lipinski definition) is 3. The van der Waals surface area contributed by atoms with Crippen LogP contribution in [0.2, 0.25) is 0 Å². The lowest BCUT2D eigenvalue weighted by Crippen LogP contribution is -2.39. The molecule has 1 aliphatic heterocycles. The van der Waals surface area contributed by atoms with Gasteiger partial charge in [0.05, 0.1) is 0 Å². The summed E-state index contributed by atoms with van der Waals surface area (Å²) in [5.41, 5.74) is 6.31. The summed E-state index contributed by atoms with van der Waals surface area (Å²) in [5.74, 6) is 0.588. The van der Waals surface area contributed by atoms with E-state index in [1.807, 2.05) is 19.1 Å². The molecule has 2 rings (SSSR count). The summed E-state index contributed by atoms with van der Waals surface area (Å²) in [5, 5.41) is 6.44. The lowest BCUT2D eigenvalue weighted by atomic mass is 10.4. The Hall–Kier alpha value is -1.13. The van der Waals surface area contributed by atoms with E-state index in [-0.39, 0.29) is 0 Å². The Morgan fingerprint density at radius 3 is 2.00 bits per heavy atom. The maximum atomic E-state index is 5.35. The average Bonchev–Trinajstić information content (AvgIpc) is 2.21. The van der Waals surface area contributed by atoms with E-state index in [0.717, 1.165) is 31.9 Å². The number of anilines is 1. The van der Waals surface area contributed by atoms with Gasteiger partial charge in [-0.15, -0.1) is 0 Å². The number of nitrogens with one attached hydrogen (secondary N) is 2. The number of pyridine rings is 1. The fourth-order valence-electron chi connectivity index (χ4n) is 1.17. The third-order valence-corrected chi connectivity index (χ3v) is 1.87. The first-order chi connectivity index (χ1) is 6.79. The summed E-state index contributed by atoms with van der Waals surface area (Å²) in [6.07, 6.45) is 0. The number of aromatic nitrogens is 1. The Morgan fingerprint density at radius 1 is 1.14 bits per heavy atom. The first-order valence-corrected chi connectivity index (χ1v) is 4.89. The van der Waals surface area contributed by atoms with E-state index in [0.29, 0.717) is 5.82 Å². The van der Waals surface area contributed by atoms with Gasteiger partial charge in [0.15, 0.2) is 0 Å². The summed E-state index contributed by atoms with van der Waals surface area (Å²) in [4.78, 5) is 3.95. The van der Waals surface area contributed by atoms with Gasteiger partial charge < -0.3 is 16.4 Å². The van der Waals surface area contributed by atoms with Gasteiger partial charge in [-0.25, -0.2) is 4.98 Å². The highest BCUT2D eigenvalue weighted by Gasteiger charge is 1.91. The van der Waals surface area contributed by atoms with Gasteiger partial charge in [-0.3, -0.25) is 0 Å². The minimum absolute atomic E-state index is 0.588. The molecular weight excluding hydrogens is 176 g/mol. The van der Waals surface area contributed by atoms with E-state index < -0.39 is 0 Å². The number of piperazine rings is 1. The van der Waals surface area contributed by atoms with Gasteiger partial charge in [-0.2, -0.15) is 0 Å². The zero-order valence-corrected chi connectivity index (χ0v) is 8.59. The molecule has 2 heterocycles. The summed E-state index contributed by atoms with van der Waals surface area (Å²) in [6, 6.07) is 5.57. The summed E-state index contributed by atoms with van der Waals surface area (Å²) < 4.78 is 0. The molecule has 0 saturated carbocycles. The van der Waals surface area contributed by atoms with Gasteiger partial charge in [-0.1, -0.05) is 6.07 Å². The van der Waals surface area contributed by atoms with Crippen LogP contribution in [-0.2, 0) is 0 Å². The van der Waals surface area contributed by atoms with Crippen molar-refractivity contribution in [2.75, 3.05) is 31.9 Å². The van der Waals surface area contributed by atoms with Crippen LogP contribution in [0.1, 0.15) is 5.69 Å². The van der Waals surface area contributed by atoms with E-state index in [1.54, 1.807) is 6.07 Å². The van der Waals surface area contributed by atoms with Crippen molar-refractivity contribution in [3.05, 3.63) is 23.9 Å². The molecular formula is C10H18N4. The van der Waals surface area contributed by atoms with E-state index in [2.05, 4.69) is 15.6 Å². The van der Waals surface area contributed by atoms with Crippen LogP contribution in [0.4, 0.5) is 5.82 Å². The maximum absolute atomic E-state index is 5.35. The van der Waals surface area contributed by atoms with Crippen LogP contribution in [0.5, 0.6) is 0 Å². The summed E-state index contributed by atoms with van der Waals surface area (Å²) in [6.45, 7) is 6.47. The highest BCUT2D eigenvalue weighted by molar-refractivity contribution is 5.28. The first kappa shape index (κ1) is 10.9. The summed E-state index contributed by atoms with van der Waals surface area (Å²) >= 11 is 0. The van der Waals surface area contributed by atoms with Crippen LogP contribution >= 0.6 is 0 Å². The van der Waals surface area contributed by atoms with Gasteiger partial charge >= 0.3 is 0 Å². The third-order valence-electron chi connectivity index (χ3n) is 1.87. The van der Waals surface area contributed by atoms with E-state index >= 15 is 0 Å². The average molecular weight is 194 g/mol. The standard InChI is InChI=1S/C6H8N2.C4H10N2/c1-5-3-2-4-6(7)8-5;1-2-6-4-3-5-1/h2-4H,1H3,(H2,7,8);5-6H,1-4H2. The van der Waals surface area contributed by atoms with Crippen molar-refractivity contribution >= 4 is 5.82 Å². The quantitative estimate of drug-likeness (QED) is 0.550. The van der Waals surface area contributed by atoms with Crippen LogP contribution < -0.4 is 16.4 Å². The number of nitrogen functional groups attached to an aromatic ring is 1. The maximum Gasteiger partial charge on any atom is 0.123 e. The smallest absolute Gasteiger partial charge is 0.123 e. The topological polar surface area (TPSA) is 63.0 Å². The van der Waals surface area contributed by atoms with Crippen LogP contribution in [0.3, 0.4) is 0 Å². The summed E-state index contributed by atoms with van der Waals surface area (Å²) in [7, 11) is 0. The van der Waals surface area contributed by atoms with Crippen molar-refractivity contribution in [2.45, 2.75) is 6.92 Å². The second-order valence-electron chi connectivity index (χ2n) is 3.20. The minimum atomic E-state index is 0.588. The molecule has 14 heavy (non-hydrogen) atoms. The molecule has 0 radical (unpaired) electrons. The molecule has 1 fully saturated rings. The highest BCUT2D eigenvalue weighted by Crippen LogP contribution is 1.96. The highest BCUT2D eigenvalue weighted by atomic mass is 15.0. The predicted molar refractivity (Wildman–Crippen MR) is 59.1 cm³/mol. The molecule has 1 aliphatic rings. The fraction of sp³-hybridized carbons (Fsp3) is 0.500. The first-order valence-electron chi connectivity index (χ1n) is 4.89. The van der Waals surface area contributed by atoms with Crippen molar-refractivity contribution in [3.8, 4) is 0 Å². The Morgan fingerprint density at radius 2 is 1.71 bits per heavy atom. The van der Waals surface area contributed by atoms with Gasteiger partial charge in [-0.05, 0) is 19.1 Å². The molecule has 0 amide bonds. The zero-order chi connectivity index (χ0) is 10.2. The van der Waals surface area contributed by atoms with E-state index in [4.69, 9.17) is 5.73 Å². The molecule has 0 aromatic carbocycles. The van der Waals surface area contributed by atoms with E-state index in [1.165, 1.54) is 0 Å². The molecule has 4 heteroatoms. The van der Waals surface area contributed by atoms with E-state index in [9.17, 15) is 0 Å². The Balaban J connectivity index is 0.000000146. The molecule has 78 valence electrons. The molecule has 1 aromatic heterocycles. The van der Waals surface area contributed by atoms with Crippen LogP contribution in [0, 0.1) is 6.92 Å². The molecule has 1 aromatic rings. The van der Waals surface area contributed by atoms with Crippen molar-refractivity contribution < 1.29 is 0 Å². The molecule has 0 bridgehead atoms. The number of hydrogen-bond acceptors (Lipinski definition) is 4. The van der Waals surface area contributed by atoms with Gasteiger partial charge in [0.1, 0.15) is 5.82 Å². The number of nitrogens with zero attached hydrogens (tertiary/aromatic N) is 1. The predicted octanol–water partition coefficient (Wildman–Crippen LogP) is 0.151. The van der Waals surface area contributed by atoms with Gasteiger partial charge in [0.25, 0.3) is 0 Å². The second-order valence-corrected chi connectivity index (χ2v) is 3.20. The largest absolute Gasteiger partial charge is 0.384 e. The van der Waals surface area contributed by atoms with Crippen LogP contribution in [-0.4, -0.2) is 31.2 Å². The molecule has 4 nitrogen and oxygen atoms in total. The Labute approximate surface area is 84.9 Å². The zero-order valence-electron chi connectivity index (χ0n) is 8.59. The molecule has 0 spiro atoms. The van der Waals surface area contributed by atoms with Crippen molar-refractivity contribution in [2.24, 2.45) is 0 Å². The van der Waals surface area contributed by atoms with Crippen LogP contribution in [0.25, 0.3) is 0 Å². The monoisotopic (exact) mass is 194 g/mol. The molecule has 0 unspecified atom stereocenters. The van der Waals surface area contributed by atoms with Gasteiger partial charge in [0.2, 0.25) is 0 Å². The number of rotatable bonds is 0. The third kappa shape index (κ3) is 4.79. The molecule has 1 saturated heterocycles. The van der Waals surface area contributed by atoms with Crippen molar-refractivity contribution in [1.29, 1.82) is 0 Å². The molecule has 0 atom stereocenters. The SMILES string of the molecule is C1CNCCN1.Cc1cccc(N)n1. The molecule has 0 aliphatic carbocycles. The molecule has 4 N–H and O–H groups in total. The Bertz CT molecular complexity index is 229. The normalized spacial score (nSPS) is 15.5. The van der Waals surface area contributed by atoms with Crippen LogP contribution in [0.15, 0.2) is 18.2 Å². The lowest BCUT2D eigenvalue weighted by molar-refractivity contribution is 0.534. The van der Waals surface area contributed by atoms with Gasteiger partial charge in [0, 0.05) is 31.9 Å². The Kier molecular flexibility index (Phi) is 4.96.